The molecule has 0 aromatic carbocycles. The summed E-state index contributed by atoms with van der Waals surface area (Å²) in [5, 5.41) is 0.604. The number of aryl methyl sites for hydroxylation is 6. The average Bonchev–Trinajstić information content (AvgIpc) is 3.19. The largest absolute Gasteiger partial charge is 1.00 e. The maximum Gasteiger partial charge on any atom is 1.00 e. The van der Waals surface area contributed by atoms with Gasteiger partial charge < -0.3 is 1.43 Å². The van der Waals surface area contributed by atoms with Gasteiger partial charge in [-0.3, -0.25) is 0 Å². The van der Waals surface area contributed by atoms with E-state index in [1.807, 2.05) is 70.6 Å². The fraction of sp³-hybridized carbons (Fsp3) is 0.500. The third-order valence-corrected chi connectivity index (χ3v) is 6.74. The minimum absolute atomic E-state index is 0. The van der Waals surface area contributed by atoms with Crippen molar-refractivity contribution in [1.29, 1.82) is 0 Å². The number of hydrogen-bond acceptors (Lipinski definition) is 10. The van der Waals surface area contributed by atoms with Gasteiger partial charge in [0.25, 0.3) is 0 Å². The summed E-state index contributed by atoms with van der Waals surface area (Å²) in [5.41, 5.74) is 4.16. The summed E-state index contributed by atoms with van der Waals surface area (Å²) in [5.74, 6) is 2.90. The fourth-order valence-electron chi connectivity index (χ4n) is 3.92. The summed E-state index contributed by atoms with van der Waals surface area (Å²) in [7, 11) is 0. The van der Waals surface area contributed by atoms with Gasteiger partial charge in [0, 0.05) is 188 Å². The molecule has 0 N–H and O–H groups in total. The monoisotopic (exact) mass is 1340 g/mol. The molecule has 0 atom stereocenters. The van der Waals surface area contributed by atoms with Gasteiger partial charge >= 0.3 is 29.6 Å². The summed E-state index contributed by atoms with van der Waals surface area (Å²) in [6, 6.07) is 9.39. The Bertz CT molecular complexity index is 1680. The Morgan fingerprint density at radius 2 is 0.937 bits per heavy atom. The Morgan fingerprint density at radius 3 is 1.32 bits per heavy atom. The molecule has 5 rings (SSSR count). The van der Waals surface area contributed by atoms with Crippen molar-refractivity contribution in [2.24, 2.45) is 0 Å². The Balaban J connectivity index is -0.0000000595. The van der Waals surface area contributed by atoms with Crippen molar-refractivity contribution in [2.45, 2.75) is 147 Å². The molecule has 19 heteroatoms. The zero-order valence-corrected chi connectivity index (χ0v) is 51.9. The summed E-state index contributed by atoms with van der Waals surface area (Å²) >= 11 is 10.7. The van der Waals surface area contributed by atoms with Gasteiger partial charge in [-0.25, -0.2) is 49.8 Å². The summed E-state index contributed by atoms with van der Waals surface area (Å²) in [6.45, 7) is 22.8. The Labute approximate surface area is 558 Å². The molecule has 0 aliphatic rings. The zero-order chi connectivity index (χ0) is 42.2. The minimum atomic E-state index is 0. The van der Waals surface area contributed by atoms with E-state index >= 15 is 0 Å². The second kappa shape index (κ2) is 64.7. The molecule has 5 aromatic heterocycles. The normalized spacial score (nSPS) is 8.46. The van der Waals surface area contributed by atoms with Crippen molar-refractivity contribution in [1.82, 2.24) is 49.8 Å². The van der Waals surface area contributed by atoms with E-state index in [4.69, 9.17) is 23.2 Å². The van der Waals surface area contributed by atoms with Crippen LogP contribution in [0.15, 0.2) is 73.6 Å². The van der Waals surface area contributed by atoms with Crippen LogP contribution >= 0.6 is 95.1 Å². The summed E-state index contributed by atoms with van der Waals surface area (Å²) < 4.78 is 0. The third kappa shape index (κ3) is 55.5. The quantitative estimate of drug-likeness (QED) is 0.0716. The van der Waals surface area contributed by atoms with Crippen LogP contribution in [0.25, 0.3) is 6.08 Å². The van der Waals surface area contributed by atoms with E-state index in [9.17, 15) is 0 Å². The minimum Gasteiger partial charge on any atom is -1.00 e. The molecule has 5 aromatic rings. The summed E-state index contributed by atoms with van der Waals surface area (Å²) in [4.78, 5) is 40.5. The molecular formula is C44H74Ar3Cl2I3N10Na. The number of allylic oxidation sites excluding steroid dienone is 1. The van der Waals surface area contributed by atoms with Crippen molar-refractivity contribution < 1.29 is 146 Å². The van der Waals surface area contributed by atoms with E-state index in [1.165, 1.54) is 25.0 Å². The topological polar surface area (TPSA) is 129 Å². The van der Waals surface area contributed by atoms with Gasteiger partial charge in [-0.05, 0) is 112 Å². The van der Waals surface area contributed by atoms with Gasteiger partial charge in [0.1, 0.15) is 17.5 Å². The van der Waals surface area contributed by atoms with Gasteiger partial charge in [-0.15, -0.1) is 71.9 Å². The van der Waals surface area contributed by atoms with Crippen LogP contribution in [-0.2, 0) is 25.7 Å². The van der Waals surface area contributed by atoms with Crippen molar-refractivity contribution in [2.75, 3.05) is 0 Å². The molecule has 0 spiro atoms. The van der Waals surface area contributed by atoms with E-state index in [1.54, 1.807) is 30.7 Å². The number of rotatable bonds is 11. The molecule has 0 unspecified atom stereocenters. The number of aromatic nitrogens is 10. The van der Waals surface area contributed by atoms with Crippen LogP contribution in [0.5, 0.6) is 0 Å². The van der Waals surface area contributed by atoms with E-state index < -0.39 is 0 Å². The summed E-state index contributed by atoms with van der Waals surface area (Å²) in [6.07, 6.45) is 26.6. The first kappa shape index (κ1) is 85.5. The standard InChI is InChI=1S/C11H18N2.C11H16N2.C8H12N2.C5H5ClN2.C4H3ClN2.C3H8.C2H6.3Ar.3HI.Na.H2.H/c2*1-3-5-7-10-8-9-12-11(13-10)6-4-2;1-3-4-8-9-6-5-7(2)10-8;1-4-2-3-7-5(6)8-4;5-4-6-2-1-3-7-4;1-3-2;1-2;;;;;;;;;/h8-9H,3-7H2,1-2H3;5,7-9H,3-4,6H2,1-2H3;5-6H,3-4H2,1-2H3;2-3H,1H3;1-3H;3H2,1-2H3;1-2H3;;;;3*1H;;1H;/q;;;;;;;;;;;;;+1;;-1/b;7-5+;;;;;;;;;;;;;;. The molecule has 0 bridgehead atoms. The van der Waals surface area contributed by atoms with Crippen LogP contribution in [0.3, 0.4) is 0 Å². The smallest absolute Gasteiger partial charge is 1.00 e. The van der Waals surface area contributed by atoms with Crippen molar-refractivity contribution in [3.63, 3.8) is 0 Å². The van der Waals surface area contributed by atoms with Crippen LogP contribution in [-0.4, -0.2) is 49.8 Å². The van der Waals surface area contributed by atoms with Crippen LogP contribution in [0.2, 0.25) is 10.6 Å². The van der Waals surface area contributed by atoms with Gasteiger partial charge in [-0.1, -0.05) is 81.2 Å². The van der Waals surface area contributed by atoms with Gasteiger partial charge in [-0.2, -0.15) is 0 Å². The average molecular weight is 1340 g/mol. The molecule has 0 radical (unpaired) electrons. The molecule has 0 aliphatic carbocycles. The first-order chi connectivity index (χ1) is 27.1. The maximum absolute atomic E-state index is 5.42. The van der Waals surface area contributed by atoms with E-state index in [-0.39, 0.29) is 218 Å². The second-order valence-corrected chi connectivity index (χ2v) is 12.5. The predicted octanol–water partition coefficient (Wildman–Crippen LogP) is 11.6. The number of unbranched alkanes of at least 4 members (excludes halogenated alkanes) is 1. The SMILES string of the molecule is CC.CC/C=C/c1ccnc(CCC)n1.CCC.CCCCc1ccnc(CCC)n1.CCCc1nccc(C)n1.Cc1ccnc(Cl)n1.Clc1ncccn1.I.I.I.[Ar].[Ar].[Ar].[H-].[HH].[Na+]. The molecule has 0 saturated carbocycles. The van der Waals surface area contributed by atoms with E-state index in [2.05, 4.69) is 104 Å². The van der Waals surface area contributed by atoms with Gasteiger partial charge in [0.05, 0.1) is 5.69 Å². The molecule has 0 aliphatic heterocycles. The number of nitrogens with zero attached hydrogens (tertiary/aromatic N) is 10. The number of hydrogen-bond donors (Lipinski definition) is 0. The zero-order valence-electron chi connectivity index (χ0n) is 40.3. The molecule has 0 amide bonds. The molecule has 360 valence electrons. The first-order valence-corrected chi connectivity index (χ1v) is 20.9. The molecular weight excluding hydrogens is 1260 g/mol. The molecule has 63 heavy (non-hydrogen) atoms. The molecule has 0 saturated heterocycles. The number of halogens is 5. The molecule has 0 fully saturated rings. The van der Waals surface area contributed by atoms with Gasteiger partial charge in [0.15, 0.2) is 0 Å². The predicted molar refractivity (Wildman–Crippen MR) is 286 cm³/mol. The van der Waals surface area contributed by atoms with Crippen molar-refractivity contribution in [3.05, 3.63) is 124 Å². The van der Waals surface area contributed by atoms with Crippen LogP contribution in [0, 0.1) is 127 Å². The van der Waals surface area contributed by atoms with Gasteiger partial charge in [0.2, 0.25) is 10.6 Å². The first-order valence-electron chi connectivity index (χ1n) is 20.1. The van der Waals surface area contributed by atoms with Crippen molar-refractivity contribution in [3.8, 4) is 0 Å². The molecule has 10 nitrogen and oxygen atoms in total. The maximum atomic E-state index is 5.42. The molecule has 5 heterocycles. The second-order valence-electron chi connectivity index (χ2n) is 11.8. The van der Waals surface area contributed by atoms with Crippen LogP contribution < -0.4 is 29.6 Å². The van der Waals surface area contributed by atoms with E-state index in [0.29, 0.717) is 10.6 Å². The van der Waals surface area contributed by atoms with Crippen LogP contribution in [0.4, 0.5) is 0 Å². The fourth-order valence-corrected chi connectivity index (χ4v) is 4.22. The van der Waals surface area contributed by atoms with E-state index in [0.717, 1.165) is 85.9 Å². The Morgan fingerprint density at radius 1 is 0.524 bits per heavy atom. The third-order valence-electron chi connectivity index (χ3n) is 6.37. The van der Waals surface area contributed by atoms with Crippen molar-refractivity contribution >= 4 is 101 Å². The Kier molecular flexibility index (Phi) is 87.8. The Hall–Kier alpha value is 2.69. The van der Waals surface area contributed by atoms with Crippen LogP contribution in [0.1, 0.15) is 150 Å².